The average Bonchev–Trinajstić information content (AvgIpc) is 2.48. The van der Waals surface area contributed by atoms with Crippen molar-refractivity contribution in [3.05, 3.63) is 59.3 Å². The molecule has 0 unspecified atom stereocenters. The number of benzene rings is 1. The van der Waals surface area contributed by atoms with Crippen LogP contribution in [0.3, 0.4) is 0 Å². The van der Waals surface area contributed by atoms with E-state index in [1.807, 2.05) is 18.4 Å². The number of rotatable bonds is 5. The second-order valence-corrected chi connectivity index (χ2v) is 5.18. The predicted octanol–water partition coefficient (Wildman–Crippen LogP) is 2.90. The molecule has 0 radical (unpaired) electrons. The van der Waals surface area contributed by atoms with E-state index in [9.17, 15) is 9.59 Å². The molecular weight excluding hydrogens is 288 g/mol. The van der Waals surface area contributed by atoms with Crippen LogP contribution in [-0.4, -0.2) is 28.2 Å². The summed E-state index contributed by atoms with van der Waals surface area (Å²) in [5.41, 5.74) is 1.73. The van der Waals surface area contributed by atoms with Crippen LogP contribution in [0.15, 0.2) is 42.6 Å². The molecule has 2 aromatic rings. The number of hydrogen-bond donors (Lipinski definition) is 2. The molecular formula is C15H14N2O3S. The first-order valence-corrected chi connectivity index (χ1v) is 7.58. The Morgan fingerprint density at radius 2 is 1.90 bits per heavy atom. The summed E-state index contributed by atoms with van der Waals surface area (Å²) >= 11 is 1.71. The van der Waals surface area contributed by atoms with Crippen molar-refractivity contribution in [3.8, 4) is 0 Å². The van der Waals surface area contributed by atoms with E-state index in [1.54, 1.807) is 23.9 Å². The van der Waals surface area contributed by atoms with Gasteiger partial charge in [-0.25, -0.2) is 9.78 Å². The summed E-state index contributed by atoms with van der Waals surface area (Å²) in [5, 5.41) is 11.5. The van der Waals surface area contributed by atoms with Crippen LogP contribution in [0.5, 0.6) is 0 Å². The summed E-state index contributed by atoms with van der Waals surface area (Å²) in [6.07, 6.45) is 3.36. The van der Waals surface area contributed by atoms with E-state index < -0.39 is 5.97 Å². The highest BCUT2D eigenvalue weighted by Crippen LogP contribution is 2.13. The second-order valence-electron chi connectivity index (χ2n) is 4.32. The zero-order valence-corrected chi connectivity index (χ0v) is 12.2. The number of carboxylic acid groups (broad SMARTS) is 1. The van der Waals surface area contributed by atoms with Gasteiger partial charge in [-0.1, -0.05) is 12.1 Å². The smallest absolute Gasteiger partial charge is 0.335 e. The van der Waals surface area contributed by atoms with Crippen LogP contribution in [0.1, 0.15) is 26.3 Å². The Bertz CT molecular complexity index is 656. The van der Waals surface area contributed by atoms with Crippen LogP contribution < -0.4 is 5.32 Å². The lowest BCUT2D eigenvalue weighted by Crippen LogP contribution is -2.13. The molecule has 0 spiro atoms. The summed E-state index contributed by atoms with van der Waals surface area (Å²) < 4.78 is 0. The van der Waals surface area contributed by atoms with Gasteiger partial charge in [-0.15, -0.1) is 0 Å². The molecule has 2 rings (SSSR count). The molecule has 0 bridgehead atoms. The summed E-state index contributed by atoms with van der Waals surface area (Å²) in [4.78, 5) is 26.9. The largest absolute Gasteiger partial charge is 0.478 e. The van der Waals surface area contributed by atoms with Crippen LogP contribution in [0, 0.1) is 0 Å². The number of nitrogens with one attached hydrogen (secondary N) is 1. The minimum absolute atomic E-state index is 0.0793. The third-order valence-corrected chi connectivity index (χ3v) is 3.40. The third kappa shape index (κ3) is 4.06. The first-order chi connectivity index (χ1) is 10.1. The molecule has 0 saturated heterocycles. The Balaban J connectivity index is 2.10. The Kier molecular flexibility index (Phi) is 4.94. The SMILES string of the molecule is CSCc1ccc(C(=O)Nc2cc(C(=O)O)ccn2)cc1. The molecule has 5 nitrogen and oxygen atoms in total. The van der Waals surface area contributed by atoms with Gasteiger partial charge in [-0.2, -0.15) is 11.8 Å². The van der Waals surface area contributed by atoms with Crippen LogP contribution >= 0.6 is 11.8 Å². The van der Waals surface area contributed by atoms with E-state index in [-0.39, 0.29) is 17.3 Å². The van der Waals surface area contributed by atoms with Gasteiger partial charge in [-0.3, -0.25) is 4.79 Å². The van der Waals surface area contributed by atoms with Gasteiger partial charge in [-0.05, 0) is 36.1 Å². The van der Waals surface area contributed by atoms with E-state index in [1.165, 1.54) is 18.3 Å². The topological polar surface area (TPSA) is 79.3 Å². The number of carbonyl (C=O) groups is 2. The second kappa shape index (κ2) is 6.90. The van der Waals surface area contributed by atoms with Gasteiger partial charge in [0.2, 0.25) is 0 Å². The molecule has 0 aliphatic heterocycles. The van der Waals surface area contributed by atoms with E-state index in [2.05, 4.69) is 10.3 Å². The predicted molar refractivity (Wildman–Crippen MR) is 82.8 cm³/mol. The number of pyridine rings is 1. The van der Waals surface area contributed by atoms with E-state index in [0.717, 1.165) is 11.3 Å². The van der Waals surface area contributed by atoms with Gasteiger partial charge in [0.15, 0.2) is 0 Å². The molecule has 1 aromatic heterocycles. The van der Waals surface area contributed by atoms with Crippen molar-refractivity contribution in [2.75, 3.05) is 11.6 Å². The fourth-order valence-corrected chi connectivity index (χ4v) is 2.27. The first kappa shape index (κ1) is 15.1. The normalized spacial score (nSPS) is 10.1. The first-order valence-electron chi connectivity index (χ1n) is 6.18. The van der Waals surface area contributed by atoms with Crippen LogP contribution in [0.25, 0.3) is 0 Å². The molecule has 6 heteroatoms. The minimum atomic E-state index is -1.06. The number of thioether (sulfide) groups is 1. The maximum Gasteiger partial charge on any atom is 0.335 e. The lowest BCUT2D eigenvalue weighted by molar-refractivity contribution is 0.0696. The number of anilines is 1. The zero-order valence-electron chi connectivity index (χ0n) is 11.4. The van der Waals surface area contributed by atoms with Crippen LogP contribution in [0.2, 0.25) is 0 Å². The Morgan fingerprint density at radius 3 is 2.52 bits per heavy atom. The highest BCUT2D eigenvalue weighted by molar-refractivity contribution is 7.97. The molecule has 1 heterocycles. The van der Waals surface area contributed by atoms with Gasteiger partial charge in [0.25, 0.3) is 5.91 Å². The van der Waals surface area contributed by atoms with Gasteiger partial charge in [0.1, 0.15) is 5.82 Å². The molecule has 1 amide bonds. The van der Waals surface area contributed by atoms with Crippen molar-refractivity contribution in [3.63, 3.8) is 0 Å². The van der Waals surface area contributed by atoms with E-state index in [0.29, 0.717) is 5.56 Å². The Morgan fingerprint density at radius 1 is 1.19 bits per heavy atom. The van der Waals surface area contributed by atoms with Crippen molar-refractivity contribution in [2.45, 2.75) is 5.75 Å². The third-order valence-electron chi connectivity index (χ3n) is 2.78. The number of aromatic nitrogens is 1. The van der Waals surface area contributed by atoms with E-state index >= 15 is 0 Å². The highest BCUT2D eigenvalue weighted by Gasteiger charge is 2.09. The molecule has 0 aliphatic rings. The van der Waals surface area contributed by atoms with Crippen LogP contribution in [-0.2, 0) is 5.75 Å². The number of amides is 1. The Hall–Kier alpha value is -2.34. The maximum atomic E-state index is 12.1. The van der Waals surface area contributed by atoms with Crippen molar-refractivity contribution < 1.29 is 14.7 Å². The molecule has 0 atom stereocenters. The molecule has 1 aromatic carbocycles. The van der Waals surface area contributed by atoms with Gasteiger partial charge in [0.05, 0.1) is 5.56 Å². The fraction of sp³-hybridized carbons (Fsp3) is 0.133. The monoisotopic (exact) mass is 302 g/mol. The average molecular weight is 302 g/mol. The van der Waals surface area contributed by atoms with Crippen molar-refractivity contribution in [1.82, 2.24) is 4.98 Å². The lowest BCUT2D eigenvalue weighted by atomic mass is 10.1. The summed E-state index contributed by atoms with van der Waals surface area (Å²) in [6, 6.07) is 9.96. The quantitative estimate of drug-likeness (QED) is 0.887. The number of hydrogen-bond acceptors (Lipinski definition) is 4. The fourth-order valence-electron chi connectivity index (χ4n) is 1.74. The molecule has 0 fully saturated rings. The van der Waals surface area contributed by atoms with E-state index in [4.69, 9.17) is 5.11 Å². The summed E-state index contributed by atoms with van der Waals surface area (Å²) in [5.74, 6) is -0.271. The Labute approximate surface area is 126 Å². The number of carbonyl (C=O) groups excluding carboxylic acids is 1. The summed E-state index contributed by atoms with van der Waals surface area (Å²) in [7, 11) is 0. The highest BCUT2D eigenvalue weighted by atomic mass is 32.2. The maximum absolute atomic E-state index is 12.1. The van der Waals surface area contributed by atoms with Crippen LogP contribution in [0.4, 0.5) is 5.82 Å². The van der Waals surface area contributed by atoms with Gasteiger partial charge < -0.3 is 10.4 Å². The standard InChI is InChI=1S/C15H14N2O3S/c1-21-9-10-2-4-11(5-3-10)14(18)17-13-8-12(15(19)20)6-7-16-13/h2-8H,9H2,1H3,(H,19,20)(H,16,17,18). The van der Waals surface area contributed by atoms with Crippen molar-refractivity contribution in [1.29, 1.82) is 0 Å². The number of carboxylic acids is 1. The molecule has 0 aliphatic carbocycles. The van der Waals surface area contributed by atoms with Gasteiger partial charge in [0, 0.05) is 17.5 Å². The molecule has 0 saturated carbocycles. The van der Waals surface area contributed by atoms with Gasteiger partial charge >= 0.3 is 5.97 Å². The summed E-state index contributed by atoms with van der Waals surface area (Å²) in [6.45, 7) is 0. The zero-order chi connectivity index (χ0) is 15.2. The molecule has 21 heavy (non-hydrogen) atoms. The minimum Gasteiger partial charge on any atom is -0.478 e. The number of aromatic carboxylic acids is 1. The molecule has 2 N–H and O–H groups in total. The van der Waals surface area contributed by atoms with Crippen molar-refractivity contribution in [2.24, 2.45) is 0 Å². The number of nitrogens with zero attached hydrogens (tertiary/aromatic N) is 1. The molecule has 108 valence electrons. The van der Waals surface area contributed by atoms with Crippen molar-refractivity contribution >= 4 is 29.5 Å². The lowest BCUT2D eigenvalue weighted by Gasteiger charge is -2.06.